The lowest BCUT2D eigenvalue weighted by Gasteiger charge is -2.19. The van der Waals surface area contributed by atoms with Crippen molar-refractivity contribution in [3.05, 3.63) is 59.2 Å². The van der Waals surface area contributed by atoms with E-state index in [4.69, 9.17) is 9.47 Å². The van der Waals surface area contributed by atoms with Gasteiger partial charge in [-0.1, -0.05) is 43.2 Å². The first-order valence-electron chi connectivity index (χ1n) is 12.4. The largest absolute Gasteiger partial charge is 0.456 e. The quantitative estimate of drug-likeness (QED) is 0.212. The summed E-state index contributed by atoms with van der Waals surface area (Å²) in [6, 6.07) is 11.7. The van der Waals surface area contributed by atoms with Crippen molar-refractivity contribution in [2.45, 2.75) is 64.9 Å². The van der Waals surface area contributed by atoms with E-state index in [1.54, 1.807) is 30.3 Å². The van der Waals surface area contributed by atoms with Crippen LogP contribution in [0.4, 0.5) is 4.79 Å². The Morgan fingerprint density at radius 3 is 2.46 bits per heavy atom. The lowest BCUT2D eigenvalue weighted by molar-refractivity contribution is -0.116. The minimum absolute atomic E-state index is 0.0292. The van der Waals surface area contributed by atoms with E-state index in [0.29, 0.717) is 12.3 Å². The number of fused-ring (bicyclic) bond motifs is 1. The van der Waals surface area contributed by atoms with E-state index in [-0.39, 0.29) is 23.0 Å². The summed E-state index contributed by atoms with van der Waals surface area (Å²) in [5.41, 5.74) is 0.362. The molecule has 8 nitrogen and oxygen atoms in total. The number of carbonyl (C=O) groups is 4. The molecule has 0 radical (unpaired) electrons. The van der Waals surface area contributed by atoms with Crippen molar-refractivity contribution in [1.29, 1.82) is 0 Å². The van der Waals surface area contributed by atoms with Gasteiger partial charge in [0, 0.05) is 24.1 Å². The first kappa shape index (κ1) is 27.5. The van der Waals surface area contributed by atoms with Crippen molar-refractivity contribution in [2.75, 3.05) is 6.54 Å². The summed E-state index contributed by atoms with van der Waals surface area (Å²) in [6.45, 7) is 6.13. The Morgan fingerprint density at radius 2 is 1.68 bits per heavy atom. The molecular formula is C29H32N2O6. The molecule has 3 amide bonds. The summed E-state index contributed by atoms with van der Waals surface area (Å²) in [5.74, 6) is 4.60. The number of unbranched alkanes of at least 4 members (excludes halogenated alkanes) is 5. The second kappa shape index (κ2) is 12.7. The molecule has 2 aromatic carbocycles. The van der Waals surface area contributed by atoms with Gasteiger partial charge in [-0.05, 0) is 63.9 Å². The number of alkyl carbamates (subject to hydrolysis) is 1. The van der Waals surface area contributed by atoms with Crippen LogP contribution in [0.3, 0.4) is 0 Å². The average Bonchev–Trinajstić information content (AvgIpc) is 2.83. The monoisotopic (exact) mass is 504 g/mol. The van der Waals surface area contributed by atoms with Crippen molar-refractivity contribution in [3.8, 4) is 23.3 Å². The molecule has 8 heteroatoms. The first-order chi connectivity index (χ1) is 17.6. The molecule has 0 spiro atoms. The summed E-state index contributed by atoms with van der Waals surface area (Å²) in [6.07, 6.45) is 5.46. The third-order valence-electron chi connectivity index (χ3n) is 5.37. The van der Waals surface area contributed by atoms with E-state index in [0.717, 1.165) is 44.1 Å². The first-order valence-corrected chi connectivity index (χ1v) is 12.4. The number of rotatable bonds is 9. The Balaban J connectivity index is 1.42. The highest BCUT2D eigenvalue weighted by atomic mass is 16.6. The van der Waals surface area contributed by atoms with Gasteiger partial charge in [-0.3, -0.25) is 19.7 Å². The lowest BCUT2D eigenvalue weighted by Crippen LogP contribution is -2.42. The summed E-state index contributed by atoms with van der Waals surface area (Å²) in [7, 11) is 0. The second-order valence-electron chi connectivity index (χ2n) is 9.67. The highest BCUT2D eigenvalue weighted by Crippen LogP contribution is 2.30. The Kier molecular flexibility index (Phi) is 9.45. The van der Waals surface area contributed by atoms with E-state index in [1.165, 1.54) is 6.07 Å². The SMILES string of the molecule is CC(C)(C)OC(=O)NCCCCCCCC#Cc1cccc(Oc2cccc3c2C(=O)NC(=O)C3=O)c1. The van der Waals surface area contributed by atoms with E-state index >= 15 is 0 Å². The maximum Gasteiger partial charge on any atom is 0.407 e. The van der Waals surface area contributed by atoms with Gasteiger partial charge < -0.3 is 14.8 Å². The molecule has 0 atom stereocenters. The molecule has 194 valence electrons. The van der Waals surface area contributed by atoms with Crippen LogP contribution in [0.1, 0.15) is 85.6 Å². The van der Waals surface area contributed by atoms with Crippen molar-refractivity contribution < 1.29 is 28.7 Å². The molecule has 2 N–H and O–H groups in total. The van der Waals surface area contributed by atoms with Crippen molar-refractivity contribution >= 4 is 23.7 Å². The number of Topliss-reactive ketones (excluding diaryl/α,β-unsaturated/α-hetero) is 1. The molecule has 0 bridgehead atoms. The normalized spacial score (nSPS) is 12.7. The minimum atomic E-state index is -0.942. The maximum atomic E-state index is 12.3. The third-order valence-corrected chi connectivity index (χ3v) is 5.37. The molecule has 0 saturated carbocycles. The second-order valence-corrected chi connectivity index (χ2v) is 9.67. The summed E-state index contributed by atoms with van der Waals surface area (Å²) >= 11 is 0. The van der Waals surface area contributed by atoms with Gasteiger partial charge in [0.15, 0.2) is 0 Å². The Hall–Kier alpha value is -4.12. The Morgan fingerprint density at radius 1 is 0.946 bits per heavy atom. The number of hydrogen-bond donors (Lipinski definition) is 2. The van der Waals surface area contributed by atoms with Gasteiger partial charge in [0.05, 0.1) is 5.56 Å². The number of ether oxygens (including phenoxy) is 2. The molecule has 1 aliphatic rings. The van der Waals surface area contributed by atoms with Crippen LogP contribution in [-0.2, 0) is 9.53 Å². The average molecular weight is 505 g/mol. The van der Waals surface area contributed by atoms with Crippen molar-refractivity contribution in [2.24, 2.45) is 0 Å². The highest BCUT2D eigenvalue weighted by molar-refractivity contribution is 6.49. The van der Waals surface area contributed by atoms with Gasteiger partial charge in [0.1, 0.15) is 17.1 Å². The molecule has 0 aliphatic carbocycles. The fourth-order valence-electron chi connectivity index (χ4n) is 3.69. The zero-order chi connectivity index (χ0) is 26.8. The predicted molar refractivity (Wildman–Crippen MR) is 139 cm³/mol. The number of ketones is 1. The molecule has 1 aliphatic heterocycles. The molecule has 0 fully saturated rings. The summed E-state index contributed by atoms with van der Waals surface area (Å²) in [5, 5.41) is 4.81. The van der Waals surface area contributed by atoms with E-state index < -0.39 is 23.2 Å². The molecule has 37 heavy (non-hydrogen) atoms. The number of benzene rings is 2. The van der Waals surface area contributed by atoms with E-state index in [2.05, 4.69) is 17.2 Å². The van der Waals surface area contributed by atoms with Crippen LogP contribution < -0.4 is 15.4 Å². The van der Waals surface area contributed by atoms with Crippen LogP contribution in [-0.4, -0.2) is 35.8 Å². The van der Waals surface area contributed by atoms with Crippen LogP contribution >= 0.6 is 0 Å². The van der Waals surface area contributed by atoms with Gasteiger partial charge in [-0.2, -0.15) is 0 Å². The predicted octanol–water partition coefficient (Wildman–Crippen LogP) is 5.15. The van der Waals surface area contributed by atoms with Gasteiger partial charge >= 0.3 is 6.09 Å². The number of carbonyl (C=O) groups excluding carboxylic acids is 4. The van der Waals surface area contributed by atoms with Crippen LogP contribution in [0.25, 0.3) is 0 Å². The number of hydrogen-bond acceptors (Lipinski definition) is 6. The zero-order valence-electron chi connectivity index (χ0n) is 21.4. The summed E-state index contributed by atoms with van der Waals surface area (Å²) in [4.78, 5) is 47.6. The van der Waals surface area contributed by atoms with Gasteiger partial charge in [-0.25, -0.2) is 4.79 Å². The Labute approximate surface area is 217 Å². The van der Waals surface area contributed by atoms with Crippen molar-refractivity contribution in [3.63, 3.8) is 0 Å². The van der Waals surface area contributed by atoms with E-state index in [1.807, 2.05) is 32.2 Å². The van der Waals surface area contributed by atoms with E-state index in [9.17, 15) is 19.2 Å². The van der Waals surface area contributed by atoms with Gasteiger partial charge in [-0.15, -0.1) is 0 Å². The highest BCUT2D eigenvalue weighted by Gasteiger charge is 2.33. The van der Waals surface area contributed by atoms with Crippen LogP contribution in [0.15, 0.2) is 42.5 Å². The van der Waals surface area contributed by atoms with Crippen LogP contribution in [0, 0.1) is 11.8 Å². The van der Waals surface area contributed by atoms with Gasteiger partial charge in [0.25, 0.3) is 17.6 Å². The van der Waals surface area contributed by atoms with Gasteiger partial charge in [0.2, 0.25) is 0 Å². The lowest BCUT2D eigenvalue weighted by atomic mass is 9.98. The number of nitrogens with one attached hydrogen (secondary N) is 2. The fraction of sp³-hybridized carbons (Fsp3) is 0.379. The topological polar surface area (TPSA) is 111 Å². The molecule has 0 saturated heterocycles. The van der Waals surface area contributed by atoms with Crippen LogP contribution in [0.5, 0.6) is 11.5 Å². The molecule has 2 aromatic rings. The van der Waals surface area contributed by atoms with Crippen molar-refractivity contribution in [1.82, 2.24) is 10.6 Å². The number of amides is 3. The fourth-order valence-corrected chi connectivity index (χ4v) is 3.69. The summed E-state index contributed by atoms with van der Waals surface area (Å²) < 4.78 is 11.1. The molecule has 3 rings (SSSR count). The molecular weight excluding hydrogens is 472 g/mol. The zero-order valence-corrected chi connectivity index (χ0v) is 21.4. The third kappa shape index (κ3) is 8.50. The molecule has 1 heterocycles. The maximum absolute atomic E-state index is 12.3. The molecule has 0 aromatic heterocycles. The van der Waals surface area contributed by atoms with Crippen LogP contribution in [0.2, 0.25) is 0 Å². The Bertz CT molecular complexity index is 1230. The smallest absolute Gasteiger partial charge is 0.407 e. The standard InChI is InChI=1S/C29H32N2O6/c1-29(2,3)37-28(35)30-18-10-8-6-4-5-7-9-13-20-14-11-15-21(19-20)36-23-17-12-16-22-24(23)26(33)31-27(34)25(22)32/h11-12,14-17,19H,4-8,10,18H2,1-3H3,(H,30,35)(H,31,33,34). The number of imide groups is 1. The molecule has 0 unspecified atom stereocenters. The minimum Gasteiger partial charge on any atom is -0.456 e.